The molecule has 2 rings (SSSR count). The molecule has 8 N–H and O–H groups in total. The molecule has 0 saturated carbocycles. The van der Waals surface area contributed by atoms with Gasteiger partial charge in [-0.25, -0.2) is 9.59 Å². The number of hydrogen-bond acceptors (Lipinski definition) is 12. The van der Waals surface area contributed by atoms with E-state index in [9.17, 15) is 51.3 Å². The summed E-state index contributed by atoms with van der Waals surface area (Å²) in [5, 5.41) is 11.9. The Balaban J connectivity index is 2.08. The zero-order valence-corrected chi connectivity index (χ0v) is 31.8. The van der Waals surface area contributed by atoms with Crippen LogP contribution in [0.1, 0.15) is 57.9 Å². The molecule has 0 fully saturated rings. The number of primary amides is 1. The fraction of sp³-hybridized carbons (Fsp3) is 0.515. The van der Waals surface area contributed by atoms with E-state index in [1.165, 1.54) is 0 Å². The number of amides is 8. The van der Waals surface area contributed by atoms with Crippen LogP contribution in [0.4, 0.5) is 15.3 Å². The average Bonchev–Trinajstić information content (AvgIpc) is 3.42. The van der Waals surface area contributed by atoms with E-state index in [0.717, 1.165) is 28.8 Å². The van der Waals surface area contributed by atoms with Gasteiger partial charge in [-0.15, -0.1) is 0 Å². The van der Waals surface area contributed by atoms with Gasteiger partial charge in [-0.2, -0.15) is 8.42 Å². The summed E-state index contributed by atoms with van der Waals surface area (Å²) in [4.78, 5) is 99.8. The lowest BCUT2D eigenvalue weighted by molar-refractivity contribution is -0.137. The molecule has 1 heterocycles. The number of carbonyl (C=O) groups is 8. The quantitative estimate of drug-likeness (QED) is 0.0366. The molecule has 54 heavy (non-hydrogen) atoms. The number of imide groups is 1. The lowest BCUT2D eigenvalue weighted by Crippen LogP contribution is -2.59. The van der Waals surface area contributed by atoms with Gasteiger partial charge in [-0.3, -0.25) is 38.2 Å². The number of carbonyl (C=O) groups excluding carboxylic acids is 8. The predicted octanol–water partition coefficient (Wildman–Crippen LogP) is 0.557. The van der Waals surface area contributed by atoms with Gasteiger partial charge in [0.1, 0.15) is 30.5 Å². The molecule has 0 aliphatic carbocycles. The molecule has 3 atom stereocenters. The average molecular weight is 798 g/mol. The first-order valence-electron chi connectivity index (χ1n) is 16.9. The monoisotopic (exact) mass is 797 g/mol. The van der Waals surface area contributed by atoms with E-state index in [0.29, 0.717) is 24.1 Å². The Morgan fingerprint density at radius 3 is 2.09 bits per heavy atom. The maximum Gasteiger partial charge on any atom is 0.367 e. The molecule has 19 nitrogen and oxygen atoms in total. The Hall–Kier alpha value is -5.02. The van der Waals surface area contributed by atoms with Crippen molar-refractivity contribution in [1.82, 2.24) is 26.2 Å². The molecular weight excluding hydrogens is 751 g/mol. The molecule has 0 saturated heterocycles. The highest BCUT2D eigenvalue weighted by Crippen LogP contribution is 2.14. The highest BCUT2D eigenvalue weighted by molar-refractivity contribution is 8.12. The van der Waals surface area contributed by atoms with Crippen molar-refractivity contribution in [3.63, 3.8) is 0 Å². The largest absolute Gasteiger partial charge is 0.453 e. The number of urea groups is 1. The predicted molar refractivity (Wildman–Crippen MR) is 197 cm³/mol. The lowest BCUT2D eigenvalue weighted by Gasteiger charge is -2.27. The molecule has 0 radical (unpaired) electrons. The van der Waals surface area contributed by atoms with E-state index >= 15 is 0 Å². The molecule has 0 spiro atoms. The first kappa shape index (κ1) is 45.1. The number of nitrogens with one attached hydrogen (secondary N) is 5. The Morgan fingerprint density at radius 2 is 1.52 bits per heavy atom. The molecule has 1 aliphatic rings. The molecule has 21 heteroatoms. The van der Waals surface area contributed by atoms with Crippen molar-refractivity contribution in [3.05, 3.63) is 42.0 Å². The van der Waals surface area contributed by atoms with Gasteiger partial charge < -0.3 is 37.1 Å². The summed E-state index contributed by atoms with van der Waals surface area (Å²) in [5.41, 5.74) is 6.12. The van der Waals surface area contributed by atoms with Crippen molar-refractivity contribution >= 4 is 74.3 Å². The number of unbranched alkanes of at least 4 members (excludes halogenated alkanes) is 2. The van der Waals surface area contributed by atoms with Crippen LogP contribution in [0.2, 0.25) is 0 Å². The van der Waals surface area contributed by atoms with E-state index in [4.69, 9.17) is 10.5 Å². The first-order valence-corrected chi connectivity index (χ1v) is 19.8. The van der Waals surface area contributed by atoms with Crippen molar-refractivity contribution in [1.29, 1.82) is 0 Å². The Kier molecular flexibility index (Phi) is 18.6. The Labute approximate surface area is 317 Å². The van der Waals surface area contributed by atoms with Gasteiger partial charge in [0, 0.05) is 37.3 Å². The normalized spacial score (nSPS) is 14.2. The van der Waals surface area contributed by atoms with Crippen LogP contribution in [0.15, 0.2) is 36.4 Å². The van der Waals surface area contributed by atoms with Crippen LogP contribution in [0.5, 0.6) is 0 Å². The zero-order chi connectivity index (χ0) is 40.4. The Bertz CT molecular complexity index is 1650. The maximum atomic E-state index is 13.6. The number of rotatable bonds is 22. The summed E-state index contributed by atoms with van der Waals surface area (Å²) in [6.07, 6.45) is 5.05. The first-order chi connectivity index (χ1) is 25.4. The van der Waals surface area contributed by atoms with Crippen LogP contribution in [0.25, 0.3) is 0 Å². The summed E-state index contributed by atoms with van der Waals surface area (Å²) < 4.78 is 38.1. The number of anilines is 1. The summed E-state index contributed by atoms with van der Waals surface area (Å²) in [5.74, 6) is -5.97. The van der Waals surface area contributed by atoms with Gasteiger partial charge in [-0.05, 0) is 67.3 Å². The molecular formula is C33H47N7O12S2. The molecule has 298 valence electrons. The second-order valence-corrected chi connectivity index (χ2v) is 14.7. The molecule has 8 amide bonds. The second kappa shape index (κ2) is 22.3. The van der Waals surface area contributed by atoms with Crippen LogP contribution < -0.4 is 32.3 Å². The molecule has 1 aromatic rings. The molecule has 1 aromatic carbocycles. The number of nitrogens with zero attached hydrogens (tertiary/aromatic N) is 1. The highest BCUT2D eigenvalue weighted by Gasteiger charge is 2.33. The standard InChI is InChI=1S/C33H47N7O12S2/c1-20(2)28(39-30(45)24(19-54(49,50)51)37-25(41)9-5-4-6-17-40-26(42)14-15-27(40)43)31(46)38-23(8-7-16-35-32(34)47)29(44)36-22-12-10-21(11-13-22)18-52-33(48)53-3/h10-15,20,23-24,28H,4-9,16-19H2,1-3H3,(H,36,44)(H,37,41)(H,38,46)(H,39,45)(H3,34,35,47)(H,49,50,51)/t23-,24-,28-/m1/s1. The minimum atomic E-state index is -4.80. The van der Waals surface area contributed by atoms with Gasteiger partial charge in [-0.1, -0.05) is 32.4 Å². The molecule has 0 bridgehead atoms. The Morgan fingerprint density at radius 1 is 0.870 bits per heavy atom. The molecule has 1 aliphatic heterocycles. The van der Waals surface area contributed by atoms with Crippen molar-refractivity contribution in [3.8, 4) is 0 Å². The van der Waals surface area contributed by atoms with E-state index in [1.54, 1.807) is 44.4 Å². The third-order valence-corrected chi connectivity index (χ3v) is 9.01. The molecule has 0 unspecified atom stereocenters. The van der Waals surface area contributed by atoms with E-state index in [1.807, 2.05) is 0 Å². The van der Waals surface area contributed by atoms with Crippen molar-refractivity contribution < 1.29 is 56.1 Å². The summed E-state index contributed by atoms with van der Waals surface area (Å²) in [6.45, 7) is 3.39. The van der Waals surface area contributed by atoms with Gasteiger partial charge in [0.25, 0.3) is 21.9 Å². The summed E-state index contributed by atoms with van der Waals surface area (Å²) >= 11 is 0.918. The van der Waals surface area contributed by atoms with Crippen molar-refractivity contribution in [2.24, 2.45) is 11.7 Å². The van der Waals surface area contributed by atoms with Gasteiger partial charge >= 0.3 is 11.3 Å². The number of benzene rings is 1. The van der Waals surface area contributed by atoms with Crippen LogP contribution in [-0.4, -0.2) is 108 Å². The minimum Gasteiger partial charge on any atom is -0.453 e. The smallest absolute Gasteiger partial charge is 0.367 e. The fourth-order valence-electron chi connectivity index (χ4n) is 5.00. The van der Waals surface area contributed by atoms with Gasteiger partial charge in [0.2, 0.25) is 23.6 Å². The van der Waals surface area contributed by atoms with E-state index < -0.39 is 86.7 Å². The van der Waals surface area contributed by atoms with E-state index in [2.05, 4.69) is 26.6 Å². The van der Waals surface area contributed by atoms with Gasteiger partial charge in [0.15, 0.2) is 0 Å². The SMILES string of the molecule is CSC(=O)OCc1ccc(NC(=O)[C@@H](CCCNC(N)=O)NC(=O)[C@H](NC(=O)[C@@H](CS(=O)(=O)O)NC(=O)CCCCCN2C(=O)C=CC2=O)C(C)C)cc1. The van der Waals surface area contributed by atoms with Gasteiger partial charge in [0.05, 0.1) is 0 Å². The lowest BCUT2D eigenvalue weighted by atomic mass is 10.0. The van der Waals surface area contributed by atoms with Crippen LogP contribution in [0.3, 0.4) is 0 Å². The zero-order valence-electron chi connectivity index (χ0n) is 30.1. The van der Waals surface area contributed by atoms with Crippen LogP contribution >= 0.6 is 11.8 Å². The topological polar surface area (TPSA) is 290 Å². The maximum absolute atomic E-state index is 13.6. The summed E-state index contributed by atoms with van der Waals surface area (Å²) in [6, 6.07) is 1.25. The minimum absolute atomic E-state index is 0.0157. The summed E-state index contributed by atoms with van der Waals surface area (Å²) in [7, 11) is -4.80. The number of ether oxygens (including phenoxy) is 1. The highest BCUT2D eigenvalue weighted by atomic mass is 32.2. The molecule has 0 aromatic heterocycles. The number of hydrogen-bond donors (Lipinski definition) is 7. The van der Waals surface area contributed by atoms with Crippen molar-refractivity contribution in [2.75, 3.05) is 30.4 Å². The van der Waals surface area contributed by atoms with E-state index in [-0.39, 0.29) is 45.4 Å². The number of nitrogens with two attached hydrogens (primary N) is 1. The fourth-order valence-corrected chi connectivity index (χ4v) is 5.83. The third-order valence-electron chi connectivity index (χ3n) is 7.81. The van der Waals surface area contributed by atoms with Crippen LogP contribution in [0, 0.1) is 5.92 Å². The number of thioether (sulfide) groups is 1. The van der Waals surface area contributed by atoms with Crippen LogP contribution in [-0.2, 0) is 50.2 Å². The third kappa shape index (κ3) is 16.8. The second-order valence-electron chi connectivity index (χ2n) is 12.5. The van der Waals surface area contributed by atoms with Crippen molar-refractivity contribution in [2.45, 2.75) is 77.1 Å².